The molecule has 1 saturated heterocycles. The Hall–Kier alpha value is -2.71. The molecule has 1 fully saturated rings. The van der Waals surface area contributed by atoms with E-state index in [1.54, 1.807) is 22.7 Å². The predicted octanol–water partition coefficient (Wildman–Crippen LogP) is 4.33. The normalized spacial score (nSPS) is 14.4. The van der Waals surface area contributed by atoms with Gasteiger partial charge in [-0.3, -0.25) is 4.79 Å². The van der Waals surface area contributed by atoms with Crippen molar-refractivity contribution in [1.82, 2.24) is 20.5 Å². The molecular formula is C23H26N4O2S2. The van der Waals surface area contributed by atoms with Crippen LogP contribution in [0.3, 0.4) is 0 Å². The van der Waals surface area contributed by atoms with Gasteiger partial charge in [0.25, 0.3) is 5.91 Å². The molecule has 6 nitrogen and oxygen atoms in total. The van der Waals surface area contributed by atoms with Gasteiger partial charge in [-0.2, -0.15) is 0 Å². The first-order chi connectivity index (χ1) is 15.1. The van der Waals surface area contributed by atoms with E-state index in [0.29, 0.717) is 25.2 Å². The Bertz CT molecular complexity index is 1020. The molecule has 3 heterocycles. The maximum Gasteiger partial charge on any atom is 0.315 e. The van der Waals surface area contributed by atoms with E-state index in [9.17, 15) is 9.59 Å². The first kappa shape index (κ1) is 21.5. The average molecular weight is 455 g/mol. The molecule has 3 aromatic rings. The first-order valence-corrected chi connectivity index (χ1v) is 12.2. The van der Waals surface area contributed by atoms with Crippen LogP contribution >= 0.6 is 22.7 Å². The second-order valence-corrected chi connectivity index (χ2v) is 9.83. The summed E-state index contributed by atoms with van der Waals surface area (Å²) in [5.74, 6) is 0.0617. The monoisotopic (exact) mass is 454 g/mol. The Morgan fingerprint density at radius 3 is 2.61 bits per heavy atom. The summed E-state index contributed by atoms with van der Waals surface area (Å²) in [4.78, 5) is 33.6. The minimum absolute atomic E-state index is 0.0617. The molecule has 4 rings (SSSR count). The van der Waals surface area contributed by atoms with Crippen LogP contribution in [0, 0.1) is 6.92 Å². The molecule has 3 amide bonds. The van der Waals surface area contributed by atoms with Crippen molar-refractivity contribution in [2.45, 2.75) is 32.2 Å². The number of carbonyl (C=O) groups excluding carboxylic acids is 2. The molecule has 0 spiro atoms. The summed E-state index contributed by atoms with van der Waals surface area (Å²) < 4.78 is 0. The van der Waals surface area contributed by atoms with Crippen molar-refractivity contribution >= 4 is 34.6 Å². The number of hydrogen-bond donors (Lipinski definition) is 2. The van der Waals surface area contributed by atoms with Gasteiger partial charge in [-0.25, -0.2) is 9.78 Å². The highest BCUT2D eigenvalue weighted by Gasteiger charge is 2.24. The molecule has 0 atom stereocenters. The second kappa shape index (κ2) is 10.1. The summed E-state index contributed by atoms with van der Waals surface area (Å²) in [6, 6.07) is 13.5. The van der Waals surface area contributed by atoms with Crippen molar-refractivity contribution in [3.8, 4) is 10.6 Å². The van der Waals surface area contributed by atoms with Crippen LogP contribution in [0.2, 0.25) is 0 Å². The minimum atomic E-state index is -0.139. The molecule has 0 aliphatic carbocycles. The summed E-state index contributed by atoms with van der Waals surface area (Å²) in [5, 5.41) is 9.15. The van der Waals surface area contributed by atoms with Crippen LogP contribution in [0.25, 0.3) is 10.6 Å². The third kappa shape index (κ3) is 5.71. The van der Waals surface area contributed by atoms with Gasteiger partial charge in [0.2, 0.25) is 0 Å². The van der Waals surface area contributed by atoms with Crippen molar-refractivity contribution in [2.24, 2.45) is 0 Å². The molecule has 1 aromatic carbocycles. The molecule has 0 bridgehead atoms. The second-order valence-electron chi connectivity index (χ2n) is 7.60. The summed E-state index contributed by atoms with van der Waals surface area (Å²) in [6.07, 6.45) is 2.34. The van der Waals surface area contributed by atoms with Gasteiger partial charge in [0, 0.05) is 41.5 Å². The van der Waals surface area contributed by atoms with Crippen molar-refractivity contribution in [3.63, 3.8) is 0 Å². The number of aryl methyl sites for hydroxylation is 1. The van der Waals surface area contributed by atoms with E-state index in [-0.39, 0.29) is 18.0 Å². The van der Waals surface area contributed by atoms with Gasteiger partial charge in [0.15, 0.2) is 0 Å². The van der Waals surface area contributed by atoms with Crippen LogP contribution in [-0.2, 0) is 6.42 Å². The van der Waals surface area contributed by atoms with E-state index in [1.165, 1.54) is 9.75 Å². The fourth-order valence-corrected chi connectivity index (χ4v) is 5.31. The Labute approximate surface area is 190 Å². The number of rotatable bonds is 6. The maximum atomic E-state index is 12.5. The van der Waals surface area contributed by atoms with Gasteiger partial charge < -0.3 is 15.5 Å². The van der Waals surface area contributed by atoms with E-state index in [4.69, 9.17) is 0 Å². The predicted molar refractivity (Wildman–Crippen MR) is 126 cm³/mol. The van der Waals surface area contributed by atoms with Crippen molar-refractivity contribution < 1.29 is 9.59 Å². The Morgan fingerprint density at radius 1 is 1.13 bits per heavy atom. The number of nitrogens with one attached hydrogen (secondary N) is 2. The largest absolute Gasteiger partial charge is 0.338 e. The standard InChI is InChI=1S/C23H26N4O2S2/c1-16-25-20(15-30-16)21-8-7-19(31-21)9-12-24-23(29)26-18-10-13-27(14-11-18)22(28)17-5-3-2-4-6-17/h2-8,15,18H,9-14H2,1H3,(H2,24,26,29). The Kier molecular flexibility index (Phi) is 6.99. The van der Waals surface area contributed by atoms with E-state index in [1.807, 2.05) is 42.2 Å². The molecule has 2 aromatic heterocycles. The van der Waals surface area contributed by atoms with Gasteiger partial charge in [0.05, 0.1) is 15.6 Å². The molecule has 2 N–H and O–H groups in total. The zero-order valence-electron chi connectivity index (χ0n) is 17.5. The van der Waals surface area contributed by atoms with E-state index in [0.717, 1.165) is 30.0 Å². The molecule has 1 aliphatic heterocycles. The SMILES string of the molecule is Cc1nc(-c2ccc(CCNC(=O)NC3CCN(C(=O)c4ccccc4)CC3)s2)cs1. The summed E-state index contributed by atoms with van der Waals surface area (Å²) in [6.45, 7) is 3.92. The number of amides is 3. The third-order valence-electron chi connectivity index (χ3n) is 5.33. The smallest absolute Gasteiger partial charge is 0.315 e. The highest BCUT2D eigenvalue weighted by atomic mass is 32.1. The quantitative estimate of drug-likeness (QED) is 0.582. The average Bonchev–Trinajstić information content (AvgIpc) is 3.43. The number of nitrogens with zero attached hydrogens (tertiary/aromatic N) is 2. The third-order valence-corrected chi connectivity index (χ3v) is 7.27. The number of likely N-dealkylation sites (tertiary alicyclic amines) is 1. The molecular weight excluding hydrogens is 428 g/mol. The van der Waals surface area contributed by atoms with Gasteiger partial charge in [0.1, 0.15) is 0 Å². The molecule has 0 unspecified atom stereocenters. The Morgan fingerprint density at radius 2 is 1.90 bits per heavy atom. The number of thiophene rings is 1. The fraction of sp³-hybridized carbons (Fsp3) is 0.348. The minimum Gasteiger partial charge on any atom is -0.338 e. The number of piperidine rings is 1. The number of aromatic nitrogens is 1. The van der Waals surface area contributed by atoms with Crippen LogP contribution in [-0.4, -0.2) is 47.5 Å². The van der Waals surface area contributed by atoms with E-state index < -0.39 is 0 Å². The topological polar surface area (TPSA) is 74.3 Å². The molecule has 8 heteroatoms. The molecule has 162 valence electrons. The van der Waals surface area contributed by atoms with Crippen LogP contribution in [0.1, 0.15) is 33.1 Å². The van der Waals surface area contributed by atoms with Crippen molar-refractivity contribution in [3.05, 3.63) is 63.3 Å². The zero-order chi connectivity index (χ0) is 21.6. The lowest BCUT2D eigenvalue weighted by atomic mass is 10.0. The van der Waals surface area contributed by atoms with Gasteiger partial charge in [-0.15, -0.1) is 22.7 Å². The number of carbonyl (C=O) groups is 2. The maximum absolute atomic E-state index is 12.5. The number of urea groups is 1. The first-order valence-electron chi connectivity index (χ1n) is 10.5. The van der Waals surface area contributed by atoms with Crippen LogP contribution in [0.15, 0.2) is 47.8 Å². The molecule has 0 radical (unpaired) electrons. The number of benzene rings is 1. The molecule has 0 saturated carbocycles. The molecule has 1 aliphatic rings. The summed E-state index contributed by atoms with van der Waals surface area (Å²) in [7, 11) is 0. The molecule has 31 heavy (non-hydrogen) atoms. The van der Waals surface area contributed by atoms with E-state index >= 15 is 0 Å². The van der Waals surface area contributed by atoms with Gasteiger partial charge in [-0.1, -0.05) is 18.2 Å². The van der Waals surface area contributed by atoms with Crippen LogP contribution < -0.4 is 10.6 Å². The summed E-state index contributed by atoms with van der Waals surface area (Å²) in [5.41, 5.74) is 1.75. The number of hydrogen-bond acceptors (Lipinski definition) is 5. The van der Waals surface area contributed by atoms with Gasteiger partial charge >= 0.3 is 6.03 Å². The lowest BCUT2D eigenvalue weighted by Crippen LogP contribution is -2.49. The lowest BCUT2D eigenvalue weighted by Gasteiger charge is -2.32. The van der Waals surface area contributed by atoms with Crippen LogP contribution in [0.4, 0.5) is 4.79 Å². The van der Waals surface area contributed by atoms with Crippen molar-refractivity contribution in [1.29, 1.82) is 0 Å². The van der Waals surface area contributed by atoms with Crippen LogP contribution in [0.5, 0.6) is 0 Å². The van der Waals surface area contributed by atoms with Crippen molar-refractivity contribution in [2.75, 3.05) is 19.6 Å². The highest BCUT2D eigenvalue weighted by Crippen LogP contribution is 2.29. The van der Waals surface area contributed by atoms with Gasteiger partial charge in [-0.05, 0) is 50.5 Å². The van der Waals surface area contributed by atoms with E-state index in [2.05, 4.69) is 33.1 Å². The number of thiazole rings is 1. The zero-order valence-corrected chi connectivity index (χ0v) is 19.1. The fourth-order valence-electron chi connectivity index (χ4n) is 3.65. The lowest BCUT2D eigenvalue weighted by molar-refractivity contribution is 0.0708. The summed E-state index contributed by atoms with van der Waals surface area (Å²) >= 11 is 3.38. The Balaban J connectivity index is 1.17. The highest BCUT2D eigenvalue weighted by molar-refractivity contribution is 7.16.